The van der Waals surface area contributed by atoms with Crippen LogP contribution in [0.3, 0.4) is 0 Å². The summed E-state index contributed by atoms with van der Waals surface area (Å²) in [6.07, 6.45) is 3.77. The van der Waals surface area contributed by atoms with Gasteiger partial charge in [-0.15, -0.1) is 25.3 Å². The van der Waals surface area contributed by atoms with Crippen molar-refractivity contribution in [2.45, 2.75) is 9.79 Å². The third-order valence-electron chi connectivity index (χ3n) is 9.39. The minimum absolute atomic E-state index is 0.829. The lowest BCUT2D eigenvalue weighted by Gasteiger charge is -2.25. The van der Waals surface area contributed by atoms with Crippen molar-refractivity contribution in [2.75, 3.05) is 9.80 Å². The Morgan fingerprint density at radius 2 is 0.625 bits per heavy atom. The largest absolute Gasteiger partial charge is 0.310 e. The van der Waals surface area contributed by atoms with Crippen LogP contribution in [0.25, 0.3) is 11.1 Å². The van der Waals surface area contributed by atoms with Crippen LogP contribution in [0.4, 0.5) is 45.5 Å². The molecule has 8 rings (SSSR count). The molecule has 6 heteroatoms. The molecule has 0 aliphatic heterocycles. The molecule has 0 saturated heterocycles. The molecule has 0 bridgehead atoms. The number of anilines is 6. The first kappa shape index (κ1) is 36.4. The average Bonchev–Trinajstić information content (AvgIpc) is 3.25. The second-order valence-electron chi connectivity index (χ2n) is 13.0. The number of aliphatic imine (C=N–C) groups is 2. The van der Waals surface area contributed by atoms with Gasteiger partial charge in [0.1, 0.15) is 0 Å². The van der Waals surface area contributed by atoms with Crippen LogP contribution < -0.4 is 9.80 Å². The first-order valence-electron chi connectivity index (χ1n) is 18.4. The molecule has 270 valence electrons. The number of nitrogens with zero attached hydrogens (tertiary/aromatic N) is 4. The molecule has 0 aliphatic carbocycles. The highest BCUT2D eigenvalue weighted by Gasteiger charge is 2.15. The molecule has 0 heterocycles. The van der Waals surface area contributed by atoms with E-state index in [4.69, 9.17) is 35.2 Å². The minimum atomic E-state index is 0.829. The van der Waals surface area contributed by atoms with E-state index in [1.165, 1.54) is 0 Å². The van der Waals surface area contributed by atoms with Gasteiger partial charge in [0, 0.05) is 78.6 Å². The van der Waals surface area contributed by atoms with Crippen LogP contribution in [-0.2, 0) is 0 Å². The zero-order valence-electron chi connectivity index (χ0n) is 30.5. The maximum atomic E-state index is 5.00. The quantitative estimate of drug-likeness (QED) is 0.102. The van der Waals surface area contributed by atoms with Crippen LogP contribution in [-0.4, -0.2) is 12.4 Å². The van der Waals surface area contributed by atoms with Gasteiger partial charge in [0.25, 0.3) is 0 Å². The fourth-order valence-electron chi connectivity index (χ4n) is 6.67. The monoisotopic (exact) mass is 758 g/mol. The van der Waals surface area contributed by atoms with Crippen molar-refractivity contribution in [3.63, 3.8) is 0 Å². The van der Waals surface area contributed by atoms with Gasteiger partial charge < -0.3 is 9.80 Å². The summed E-state index contributed by atoms with van der Waals surface area (Å²) in [5, 5.41) is 0. The van der Waals surface area contributed by atoms with Gasteiger partial charge >= 0.3 is 0 Å². The molecule has 8 aromatic carbocycles. The fourth-order valence-corrected chi connectivity index (χ4v) is 7.20. The van der Waals surface area contributed by atoms with Crippen molar-refractivity contribution in [1.82, 2.24) is 0 Å². The van der Waals surface area contributed by atoms with Crippen molar-refractivity contribution < 1.29 is 0 Å². The van der Waals surface area contributed by atoms with Crippen molar-refractivity contribution in [1.29, 1.82) is 0 Å². The summed E-state index contributed by atoms with van der Waals surface area (Å²) in [6, 6.07) is 70.3. The highest BCUT2D eigenvalue weighted by atomic mass is 32.1. The number of rotatable bonds is 11. The maximum Gasteiger partial charge on any atom is 0.0709 e. The van der Waals surface area contributed by atoms with Gasteiger partial charge in [0.05, 0.1) is 11.4 Å². The second-order valence-corrected chi connectivity index (χ2v) is 14.0. The van der Waals surface area contributed by atoms with E-state index in [9.17, 15) is 0 Å². The van der Waals surface area contributed by atoms with Gasteiger partial charge in [-0.05, 0) is 84.9 Å². The number of benzene rings is 8. The van der Waals surface area contributed by atoms with Gasteiger partial charge in [-0.1, -0.05) is 121 Å². The van der Waals surface area contributed by atoms with Crippen LogP contribution >= 0.6 is 25.3 Å². The zero-order valence-corrected chi connectivity index (χ0v) is 32.3. The number of hydrogen-bond donors (Lipinski definition) is 2. The lowest BCUT2D eigenvalue weighted by Crippen LogP contribution is -2.09. The summed E-state index contributed by atoms with van der Waals surface area (Å²) >= 11 is 9.85. The van der Waals surface area contributed by atoms with Gasteiger partial charge in [-0.25, -0.2) is 0 Å². The highest BCUT2D eigenvalue weighted by Crippen LogP contribution is 2.39. The van der Waals surface area contributed by atoms with Crippen LogP contribution in [0.2, 0.25) is 0 Å². The van der Waals surface area contributed by atoms with Crippen LogP contribution in [0, 0.1) is 0 Å². The summed E-state index contributed by atoms with van der Waals surface area (Å²) in [5.41, 5.74) is 11.8. The molecule has 0 aromatic heterocycles. The Morgan fingerprint density at radius 1 is 0.321 bits per heavy atom. The first-order chi connectivity index (χ1) is 27.6. The number of thiol groups is 2. The summed E-state index contributed by atoms with van der Waals surface area (Å²) in [4.78, 5) is 16.1. The SMILES string of the molecule is Sc1cc(N(c2ccccc2)c2ccccc2)ccc1C=Nc1ccccc1-c1ccccc1N=Cc1ccc(N(c2ccccc2)c2ccccc2)cc1S. The molecule has 0 aliphatic rings. The molecule has 0 fully saturated rings. The lowest BCUT2D eigenvalue weighted by atomic mass is 10.0. The van der Waals surface area contributed by atoms with Crippen molar-refractivity contribution in [3.05, 3.63) is 217 Å². The van der Waals surface area contributed by atoms with Gasteiger partial charge in [0.2, 0.25) is 0 Å². The molecular formula is C50H38N4S2. The maximum absolute atomic E-state index is 5.00. The van der Waals surface area contributed by atoms with E-state index in [1.807, 2.05) is 73.1 Å². The summed E-state index contributed by atoms with van der Waals surface area (Å²) < 4.78 is 0. The Kier molecular flexibility index (Phi) is 11.2. The summed E-state index contributed by atoms with van der Waals surface area (Å²) in [5.74, 6) is 0. The minimum Gasteiger partial charge on any atom is -0.310 e. The Balaban J connectivity index is 1.06. The smallest absolute Gasteiger partial charge is 0.0709 e. The lowest BCUT2D eigenvalue weighted by molar-refractivity contribution is 1.26. The first-order valence-corrected chi connectivity index (χ1v) is 19.2. The van der Waals surface area contributed by atoms with Crippen LogP contribution in [0.5, 0.6) is 0 Å². The molecule has 0 unspecified atom stereocenters. The standard InChI is InChI=1S/C50H38N4S2/c55-49-33-43(53(39-17-5-1-6-18-39)40-19-7-2-8-20-40)31-29-37(49)35-51-47-27-15-13-25-45(47)46-26-14-16-28-48(46)52-36-38-30-32-44(34-50(38)56)54(41-21-9-3-10-22-41)42-23-11-4-12-24-42/h1-36,55-56H. The normalized spacial score (nSPS) is 11.2. The van der Waals surface area contributed by atoms with Crippen molar-refractivity contribution in [3.8, 4) is 11.1 Å². The van der Waals surface area contributed by atoms with Gasteiger partial charge in [-0.2, -0.15) is 0 Å². The fraction of sp³-hybridized carbons (Fsp3) is 0. The topological polar surface area (TPSA) is 31.2 Å². The number of hydrogen-bond acceptors (Lipinski definition) is 6. The van der Waals surface area contributed by atoms with Gasteiger partial charge in [-0.3, -0.25) is 9.98 Å². The summed E-state index contributed by atoms with van der Waals surface area (Å²) in [6.45, 7) is 0. The van der Waals surface area contributed by atoms with Crippen molar-refractivity contribution in [2.24, 2.45) is 9.98 Å². The predicted octanol–water partition coefficient (Wildman–Crippen LogP) is 14.4. The van der Waals surface area contributed by atoms with E-state index < -0.39 is 0 Å². The summed E-state index contributed by atoms with van der Waals surface area (Å²) in [7, 11) is 0. The van der Waals surface area contributed by atoms with E-state index in [-0.39, 0.29) is 0 Å². The molecule has 0 radical (unpaired) electrons. The molecule has 0 spiro atoms. The van der Waals surface area contributed by atoms with Gasteiger partial charge in [0.15, 0.2) is 0 Å². The van der Waals surface area contributed by atoms with E-state index in [1.54, 1.807) is 0 Å². The number of para-hydroxylation sites is 6. The van der Waals surface area contributed by atoms with E-state index in [0.29, 0.717) is 0 Å². The molecule has 4 nitrogen and oxygen atoms in total. The Hall–Kier alpha value is -6.60. The molecule has 0 saturated carbocycles. The molecule has 56 heavy (non-hydrogen) atoms. The van der Waals surface area contributed by atoms with Crippen LogP contribution in [0.15, 0.2) is 226 Å². The zero-order chi connectivity index (χ0) is 38.1. The molecular weight excluding hydrogens is 721 g/mol. The van der Waals surface area contributed by atoms with Crippen molar-refractivity contribution >= 4 is 83.2 Å². The third kappa shape index (κ3) is 8.22. The molecule has 0 amide bonds. The average molecular weight is 759 g/mol. The van der Waals surface area contributed by atoms with Crippen LogP contribution in [0.1, 0.15) is 11.1 Å². The van der Waals surface area contributed by atoms with E-state index >= 15 is 0 Å². The van der Waals surface area contributed by atoms with E-state index in [2.05, 4.69) is 155 Å². The third-order valence-corrected chi connectivity index (χ3v) is 10.2. The Bertz CT molecular complexity index is 2350. The second kappa shape index (κ2) is 17.2. The Labute approximate surface area is 339 Å². The molecule has 0 atom stereocenters. The van der Waals surface area contributed by atoms with E-state index in [0.717, 1.165) is 77.5 Å². The highest BCUT2D eigenvalue weighted by molar-refractivity contribution is 7.80. The molecule has 0 N–H and O–H groups in total. The Morgan fingerprint density at radius 3 is 0.946 bits per heavy atom. The molecule has 8 aromatic rings. The predicted molar refractivity (Wildman–Crippen MR) is 243 cm³/mol.